The maximum absolute atomic E-state index is 5.47. The fourth-order valence-electron chi connectivity index (χ4n) is 3.26. The van der Waals surface area contributed by atoms with Crippen LogP contribution in [0.25, 0.3) is 22.3 Å². The molecule has 1 saturated heterocycles. The smallest absolute Gasteiger partial charge is 0.222 e. The quantitative estimate of drug-likeness (QED) is 0.389. The van der Waals surface area contributed by atoms with Gasteiger partial charge in [0.15, 0.2) is 5.13 Å². The van der Waals surface area contributed by atoms with Gasteiger partial charge in [-0.15, -0.1) is 0 Å². The number of thiazole rings is 1. The molecule has 0 atom stereocenters. The van der Waals surface area contributed by atoms with Gasteiger partial charge in [0.05, 0.1) is 41.0 Å². The van der Waals surface area contributed by atoms with E-state index in [1.807, 2.05) is 48.7 Å². The molecule has 146 valence electrons. The van der Waals surface area contributed by atoms with E-state index in [9.17, 15) is 0 Å². The average Bonchev–Trinajstić information content (AvgIpc) is 3.39. The minimum atomic E-state index is 0.613. The van der Waals surface area contributed by atoms with E-state index in [0.29, 0.717) is 5.95 Å². The van der Waals surface area contributed by atoms with Crippen LogP contribution >= 0.6 is 11.3 Å². The second-order valence-electron chi connectivity index (χ2n) is 6.65. The van der Waals surface area contributed by atoms with E-state index in [4.69, 9.17) is 9.72 Å². The van der Waals surface area contributed by atoms with Gasteiger partial charge in [-0.3, -0.25) is 0 Å². The standard InChI is InChI=1S/C21H20N6OS/c1-2-6-15(7-3-1)19-18(29-21(25-19)27-10-12-28-13-11-27)14-22-26-20-23-16-8-4-5-9-17(16)24-20/h1-9,14H,10-13H2,(H2,23,24,26). The molecule has 1 aliphatic rings. The Bertz CT molecular complexity index is 1100. The Morgan fingerprint density at radius 1 is 1.03 bits per heavy atom. The molecule has 2 aromatic heterocycles. The van der Waals surface area contributed by atoms with Crippen molar-refractivity contribution >= 4 is 39.7 Å². The van der Waals surface area contributed by atoms with Crippen LogP contribution in [0.2, 0.25) is 0 Å². The number of ether oxygens (including phenoxy) is 1. The highest BCUT2D eigenvalue weighted by molar-refractivity contribution is 7.17. The third-order valence-corrected chi connectivity index (χ3v) is 5.76. The molecule has 0 radical (unpaired) electrons. The lowest BCUT2D eigenvalue weighted by molar-refractivity contribution is 0.122. The highest BCUT2D eigenvalue weighted by atomic mass is 32.1. The molecule has 0 spiro atoms. The van der Waals surface area contributed by atoms with Crippen molar-refractivity contribution in [3.8, 4) is 11.3 Å². The Hall–Kier alpha value is -3.23. The van der Waals surface area contributed by atoms with E-state index in [-0.39, 0.29) is 0 Å². The largest absolute Gasteiger partial charge is 0.378 e. The molecular formula is C21H20N6OS. The van der Waals surface area contributed by atoms with Crippen LogP contribution in [0.4, 0.5) is 11.1 Å². The lowest BCUT2D eigenvalue weighted by atomic mass is 10.1. The number of nitrogens with zero attached hydrogens (tertiary/aromatic N) is 4. The van der Waals surface area contributed by atoms with Gasteiger partial charge < -0.3 is 14.6 Å². The predicted octanol–water partition coefficient (Wildman–Crippen LogP) is 3.97. The SMILES string of the molecule is C(=NNc1nc2ccccc2[nH]1)c1sc(N2CCOCC2)nc1-c1ccccc1. The van der Waals surface area contributed by atoms with Crippen molar-refractivity contribution in [2.75, 3.05) is 36.6 Å². The van der Waals surface area contributed by atoms with Crippen LogP contribution in [0, 0.1) is 0 Å². The summed E-state index contributed by atoms with van der Waals surface area (Å²) < 4.78 is 5.47. The highest BCUT2D eigenvalue weighted by Crippen LogP contribution is 2.32. The van der Waals surface area contributed by atoms with E-state index in [0.717, 1.165) is 58.6 Å². The van der Waals surface area contributed by atoms with Crippen molar-refractivity contribution < 1.29 is 4.74 Å². The molecule has 7 nitrogen and oxygen atoms in total. The summed E-state index contributed by atoms with van der Waals surface area (Å²) in [6.45, 7) is 3.18. The van der Waals surface area contributed by atoms with Gasteiger partial charge in [0.25, 0.3) is 0 Å². The number of hydrogen-bond donors (Lipinski definition) is 2. The molecule has 1 fully saturated rings. The Morgan fingerprint density at radius 2 is 1.83 bits per heavy atom. The fraction of sp³-hybridized carbons (Fsp3) is 0.190. The first-order valence-electron chi connectivity index (χ1n) is 9.49. The number of morpholine rings is 1. The van der Waals surface area contributed by atoms with Crippen LogP contribution in [0.1, 0.15) is 4.88 Å². The van der Waals surface area contributed by atoms with Crippen molar-refractivity contribution in [2.24, 2.45) is 5.10 Å². The summed E-state index contributed by atoms with van der Waals surface area (Å²) in [5.41, 5.74) is 6.89. The Labute approximate surface area is 172 Å². The second kappa shape index (κ2) is 8.02. The lowest BCUT2D eigenvalue weighted by Crippen LogP contribution is -2.36. The zero-order valence-corrected chi connectivity index (χ0v) is 16.5. The summed E-state index contributed by atoms with van der Waals surface area (Å²) in [5, 5.41) is 5.41. The third kappa shape index (κ3) is 3.85. The molecule has 2 aromatic carbocycles. The maximum atomic E-state index is 5.47. The van der Waals surface area contributed by atoms with Gasteiger partial charge in [0.1, 0.15) is 0 Å². The summed E-state index contributed by atoms with van der Waals surface area (Å²) in [4.78, 5) is 15.9. The minimum Gasteiger partial charge on any atom is -0.378 e. The average molecular weight is 404 g/mol. The molecule has 4 aromatic rings. The Balaban J connectivity index is 1.42. The van der Waals surface area contributed by atoms with Gasteiger partial charge in [-0.2, -0.15) is 5.10 Å². The molecule has 2 N–H and O–H groups in total. The van der Waals surface area contributed by atoms with E-state index in [2.05, 4.69) is 37.5 Å². The minimum absolute atomic E-state index is 0.613. The number of imidazole rings is 1. The number of H-pyrrole nitrogens is 1. The second-order valence-corrected chi connectivity index (χ2v) is 7.66. The summed E-state index contributed by atoms with van der Waals surface area (Å²) in [5.74, 6) is 0.613. The number of hydrazone groups is 1. The molecule has 0 amide bonds. The monoisotopic (exact) mass is 404 g/mol. The van der Waals surface area contributed by atoms with Crippen molar-refractivity contribution in [1.82, 2.24) is 15.0 Å². The summed E-state index contributed by atoms with van der Waals surface area (Å²) in [7, 11) is 0. The normalized spacial score (nSPS) is 14.7. The van der Waals surface area contributed by atoms with Gasteiger partial charge in [0, 0.05) is 18.7 Å². The van der Waals surface area contributed by atoms with Crippen LogP contribution < -0.4 is 10.3 Å². The zero-order valence-electron chi connectivity index (χ0n) is 15.7. The predicted molar refractivity (Wildman–Crippen MR) is 118 cm³/mol. The van der Waals surface area contributed by atoms with Crippen molar-refractivity contribution in [1.29, 1.82) is 0 Å². The number of aromatic nitrogens is 3. The lowest BCUT2D eigenvalue weighted by Gasteiger charge is -2.26. The first kappa shape index (κ1) is 17.8. The fourth-order valence-corrected chi connectivity index (χ4v) is 4.27. The molecule has 1 aliphatic heterocycles. The number of aromatic amines is 1. The molecule has 29 heavy (non-hydrogen) atoms. The molecule has 0 aliphatic carbocycles. The van der Waals surface area contributed by atoms with E-state index < -0.39 is 0 Å². The van der Waals surface area contributed by atoms with Gasteiger partial charge >= 0.3 is 0 Å². The maximum Gasteiger partial charge on any atom is 0.222 e. The Kier molecular flexibility index (Phi) is 4.93. The Morgan fingerprint density at radius 3 is 2.66 bits per heavy atom. The van der Waals surface area contributed by atoms with E-state index >= 15 is 0 Å². The van der Waals surface area contributed by atoms with Crippen LogP contribution in [0.15, 0.2) is 59.7 Å². The summed E-state index contributed by atoms with van der Waals surface area (Å²) >= 11 is 1.64. The number of fused-ring (bicyclic) bond motifs is 1. The number of anilines is 2. The topological polar surface area (TPSA) is 78.4 Å². The van der Waals surface area contributed by atoms with E-state index in [1.165, 1.54) is 0 Å². The number of para-hydroxylation sites is 2. The van der Waals surface area contributed by atoms with Gasteiger partial charge in [-0.05, 0) is 12.1 Å². The number of hydrogen-bond acceptors (Lipinski definition) is 7. The molecule has 8 heteroatoms. The van der Waals surface area contributed by atoms with E-state index in [1.54, 1.807) is 11.3 Å². The van der Waals surface area contributed by atoms with Crippen LogP contribution in [0.5, 0.6) is 0 Å². The summed E-state index contributed by atoms with van der Waals surface area (Å²) in [6.07, 6.45) is 1.82. The number of benzene rings is 2. The molecule has 0 saturated carbocycles. The highest BCUT2D eigenvalue weighted by Gasteiger charge is 2.18. The number of rotatable bonds is 5. The van der Waals surface area contributed by atoms with Crippen molar-refractivity contribution in [2.45, 2.75) is 0 Å². The van der Waals surface area contributed by atoms with Crippen LogP contribution in [-0.2, 0) is 4.74 Å². The van der Waals surface area contributed by atoms with Crippen LogP contribution in [0.3, 0.4) is 0 Å². The third-order valence-electron chi connectivity index (χ3n) is 4.71. The molecule has 0 bridgehead atoms. The van der Waals surface area contributed by atoms with Crippen LogP contribution in [-0.4, -0.2) is 47.5 Å². The molecular weight excluding hydrogens is 384 g/mol. The van der Waals surface area contributed by atoms with Gasteiger partial charge in [-0.1, -0.05) is 53.8 Å². The van der Waals surface area contributed by atoms with Crippen molar-refractivity contribution in [3.05, 3.63) is 59.5 Å². The molecule has 0 unspecified atom stereocenters. The van der Waals surface area contributed by atoms with Gasteiger partial charge in [-0.25, -0.2) is 15.4 Å². The van der Waals surface area contributed by atoms with Crippen molar-refractivity contribution in [3.63, 3.8) is 0 Å². The first-order chi connectivity index (χ1) is 14.4. The van der Waals surface area contributed by atoms with Gasteiger partial charge in [0.2, 0.25) is 5.95 Å². The number of nitrogens with one attached hydrogen (secondary N) is 2. The first-order valence-corrected chi connectivity index (χ1v) is 10.3. The summed E-state index contributed by atoms with van der Waals surface area (Å²) in [6, 6.07) is 18.1. The molecule has 3 heterocycles. The molecule has 5 rings (SSSR count). The zero-order chi connectivity index (χ0) is 19.5.